The van der Waals surface area contributed by atoms with Gasteiger partial charge in [-0.15, -0.1) is 0 Å². The van der Waals surface area contributed by atoms with E-state index in [1.807, 2.05) is 11.0 Å². The lowest BCUT2D eigenvalue weighted by molar-refractivity contribution is -0.131. The number of aromatic nitrogens is 2. The van der Waals surface area contributed by atoms with Crippen molar-refractivity contribution in [2.24, 2.45) is 16.3 Å². The van der Waals surface area contributed by atoms with Gasteiger partial charge in [0.2, 0.25) is 11.9 Å². The number of amides is 1. The number of piperazine rings is 1. The summed E-state index contributed by atoms with van der Waals surface area (Å²) in [5.41, 5.74) is 0.393. The standard InChI is InChI=1S/C23H39N7O/c1-19(2)17-23(8-4-5-9-23)18-28-21(24-3)25-12-7-20(31)29-13-15-30(16-14-29)22-26-10-6-11-27-22/h6,10-11,19H,4-5,7-9,12-18H2,1-3H3,(H2,24,25,28). The zero-order valence-corrected chi connectivity index (χ0v) is 19.4. The van der Waals surface area contributed by atoms with Gasteiger partial charge >= 0.3 is 0 Å². The molecule has 0 spiro atoms. The van der Waals surface area contributed by atoms with Gasteiger partial charge in [0.05, 0.1) is 0 Å². The number of nitrogens with one attached hydrogen (secondary N) is 2. The van der Waals surface area contributed by atoms with Crippen LogP contribution < -0.4 is 15.5 Å². The lowest BCUT2D eigenvalue weighted by Crippen LogP contribution is -2.50. The number of guanidine groups is 1. The summed E-state index contributed by atoms with van der Waals surface area (Å²) < 4.78 is 0. The third-order valence-corrected chi connectivity index (χ3v) is 6.46. The maximum atomic E-state index is 12.6. The lowest BCUT2D eigenvalue weighted by atomic mass is 9.78. The Hall–Kier alpha value is -2.38. The van der Waals surface area contributed by atoms with Gasteiger partial charge in [-0.25, -0.2) is 9.97 Å². The van der Waals surface area contributed by atoms with Gasteiger partial charge in [-0.1, -0.05) is 26.7 Å². The second kappa shape index (κ2) is 11.3. The molecule has 1 aliphatic heterocycles. The van der Waals surface area contributed by atoms with Crippen molar-refractivity contribution >= 4 is 17.8 Å². The first-order valence-corrected chi connectivity index (χ1v) is 11.8. The van der Waals surface area contributed by atoms with Crippen LogP contribution in [0.15, 0.2) is 23.5 Å². The number of aliphatic imine (C=N–C) groups is 1. The normalized spacial score (nSPS) is 19.0. The zero-order chi connectivity index (χ0) is 22.1. The van der Waals surface area contributed by atoms with Crippen LogP contribution in [0.4, 0.5) is 5.95 Å². The van der Waals surface area contributed by atoms with E-state index in [9.17, 15) is 4.79 Å². The van der Waals surface area contributed by atoms with Crippen LogP contribution in [0.2, 0.25) is 0 Å². The molecule has 1 aliphatic carbocycles. The van der Waals surface area contributed by atoms with Gasteiger partial charge in [0.15, 0.2) is 5.96 Å². The predicted octanol–water partition coefficient (Wildman–Crippen LogP) is 2.29. The number of carbonyl (C=O) groups is 1. The molecule has 8 nitrogen and oxygen atoms in total. The molecule has 2 heterocycles. The first kappa shape index (κ1) is 23.3. The average molecular weight is 430 g/mol. The molecule has 1 aromatic rings. The Morgan fingerprint density at radius 3 is 2.42 bits per heavy atom. The molecule has 2 fully saturated rings. The highest BCUT2D eigenvalue weighted by atomic mass is 16.2. The highest BCUT2D eigenvalue weighted by Crippen LogP contribution is 2.42. The first-order chi connectivity index (χ1) is 15.0. The van der Waals surface area contributed by atoms with Gasteiger partial charge < -0.3 is 20.4 Å². The fraction of sp³-hybridized carbons (Fsp3) is 0.739. The SMILES string of the molecule is CN=C(NCCC(=O)N1CCN(c2ncccn2)CC1)NCC1(CC(C)C)CCCC1. The van der Waals surface area contributed by atoms with Crippen LogP contribution in [0.25, 0.3) is 0 Å². The second-order valence-electron chi connectivity index (χ2n) is 9.32. The number of hydrogen-bond acceptors (Lipinski definition) is 5. The summed E-state index contributed by atoms with van der Waals surface area (Å²) >= 11 is 0. The minimum atomic E-state index is 0.184. The van der Waals surface area contributed by atoms with Crippen LogP contribution in [0.5, 0.6) is 0 Å². The number of nitrogens with zero attached hydrogens (tertiary/aromatic N) is 5. The molecule has 0 aromatic carbocycles. The molecule has 3 rings (SSSR count). The molecule has 0 atom stereocenters. The van der Waals surface area contributed by atoms with Crippen molar-refractivity contribution in [2.45, 2.75) is 52.4 Å². The largest absolute Gasteiger partial charge is 0.356 e. The van der Waals surface area contributed by atoms with Gasteiger partial charge in [-0.2, -0.15) is 0 Å². The topological polar surface area (TPSA) is 85.8 Å². The quantitative estimate of drug-likeness (QED) is 0.487. The Kier molecular flexibility index (Phi) is 8.49. The fourth-order valence-corrected chi connectivity index (χ4v) is 4.99. The maximum Gasteiger partial charge on any atom is 0.225 e. The van der Waals surface area contributed by atoms with Crippen molar-refractivity contribution in [2.75, 3.05) is 51.2 Å². The van der Waals surface area contributed by atoms with Crippen molar-refractivity contribution in [3.05, 3.63) is 18.5 Å². The molecule has 31 heavy (non-hydrogen) atoms. The Bertz CT molecular complexity index is 708. The number of hydrogen-bond donors (Lipinski definition) is 2. The van der Waals surface area contributed by atoms with Gasteiger partial charge in [0.25, 0.3) is 0 Å². The average Bonchev–Trinajstić information content (AvgIpc) is 3.24. The first-order valence-electron chi connectivity index (χ1n) is 11.8. The van der Waals surface area contributed by atoms with E-state index in [-0.39, 0.29) is 5.91 Å². The predicted molar refractivity (Wildman–Crippen MR) is 125 cm³/mol. The molecule has 0 unspecified atom stereocenters. The summed E-state index contributed by atoms with van der Waals surface area (Å²) in [4.78, 5) is 29.7. The number of carbonyl (C=O) groups excluding carboxylic acids is 1. The molecular weight excluding hydrogens is 390 g/mol. The highest BCUT2D eigenvalue weighted by molar-refractivity contribution is 5.81. The molecule has 1 saturated carbocycles. The molecule has 1 saturated heterocycles. The van der Waals surface area contributed by atoms with E-state index >= 15 is 0 Å². The van der Waals surface area contributed by atoms with Crippen molar-refractivity contribution in [1.82, 2.24) is 25.5 Å². The van der Waals surface area contributed by atoms with E-state index in [2.05, 4.69) is 44.3 Å². The number of rotatable bonds is 8. The number of anilines is 1. The summed E-state index contributed by atoms with van der Waals surface area (Å²) in [5.74, 6) is 2.43. The van der Waals surface area contributed by atoms with E-state index in [1.165, 1.54) is 32.1 Å². The molecule has 8 heteroatoms. The Labute approximate surface area is 186 Å². The van der Waals surface area contributed by atoms with Crippen molar-refractivity contribution < 1.29 is 4.79 Å². The highest BCUT2D eigenvalue weighted by Gasteiger charge is 2.34. The van der Waals surface area contributed by atoms with Gasteiger partial charge in [0, 0.05) is 65.1 Å². The molecule has 1 amide bonds. The second-order valence-corrected chi connectivity index (χ2v) is 9.32. The zero-order valence-electron chi connectivity index (χ0n) is 19.4. The van der Waals surface area contributed by atoms with Gasteiger partial charge in [0.1, 0.15) is 0 Å². The van der Waals surface area contributed by atoms with Gasteiger partial charge in [-0.05, 0) is 36.7 Å². The summed E-state index contributed by atoms with van der Waals surface area (Å²) in [5, 5.41) is 6.86. The van der Waals surface area contributed by atoms with Crippen LogP contribution in [0.1, 0.15) is 52.4 Å². The summed E-state index contributed by atoms with van der Waals surface area (Å²) in [6, 6.07) is 1.82. The summed E-state index contributed by atoms with van der Waals surface area (Å²) in [6.07, 6.45) is 10.5. The third-order valence-electron chi connectivity index (χ3n) is 6.46. The smallest absolute Gasteiger partial charge is 0.225 e. The lowest BCUT2D eigenvalue weighted by Gasteiger charge is -2.34. The van der Waals surface area contributed by atoms with E-state index in [0.717, 1.165) is 31.5 Å². The molecule has 172 valence electrons. The van der Waals surface area contributed by atoms with E-state index < -0.39 is 0 Å². The Balaban J connectivity index is 1.37. The Morgan fingerprint density at radius 2 is 1.81 bits per heavy atom. The third kappa shape index (κ3) is 6.80. The molecule has 0 radical (unpaired) electrons. The van der Waals surface area contributed by atoms with Crippen molar-refractivity contribution in [3.8, 4) is 0 Å². The molecular formula is C23H39N7O. The van der Waals surface area contributed by atoms with Crippen LogP contribution in [0.3, 0.4) is 0 Å². The van der Waals surface area contributed by atoms with Crippen molar-refractivity contribution in [3.63, 3.8) is 0 Å². The summed E-state index contributed by atoms with van der Waals surface area (Å²) in [6.45, 7) is 9.13. The molecule has 0 bridgehead atoms. The van der Waals surface area contributed by atoms with E-state index in [4.69, 9.17) is 0 Å². The van der Waals surface area contributed by atoms with Crippen molar-refractivity contribution in [1.29, 1.82) is 0 Å². The van der Waals surface area contributed by atoms with Crippen LogP contribution in [-0.2, 0) is 4.79 Å². The molecule has 1 aromatic heterocycles. The van der Waals surface area contributed by atoms with Crippen LogP contribution in [-0.4, -0.2) is 73.1 Å². The van der Waals surface area contributed by atoms with Crippen LogP contribution in [0, 0.1) is 11.3 Å². The van der Waals surface area contributed by atoms with Crippen LogP contribution >= 0.6 is 0 Å². The molecule has 2 aliphatic rings. The van der Waals surface area contributed by atoms with E-state index in [0.29, 0.717) is 37.4 Å². The fourth-order valence-electron chi connectivity index (χ4n) is 4.99. The minimum absolute atomic E-state index is 0.184. The Morgan fingerprint density at radius 1 is 1.13 bits per heavy atom. The monoisotopic (exact) mass is 429 g/mol. The maximum absolute atomic E-state index is 12.6. The van der Waals surface area contributed by atoms with E-state index in [1.54, 1.807) is 19.4 Å². The summed E-state index contributed by atoms with van der Waals surface area (Å²) in [7, 11) is 1.80. The van der Waals surface area contributed by atoms with Gasteiger partial charge in [-0.3, -0.25) is 9.79 Å². The molecule has 2 N–H and O–H groups in total. The minimum Gasteiger partial charge on any atom is -0.356 e.